The summed E-state index contributed by atoms with van der Waals surface area (Å²) in [5.41, 5.74) is 1.91. The van der Waals surface area contributed by atoms with Crippen LogP contribution in [0.3, 0.4) is 0 Å². The minimum Gasteiger partial charge on any atom is -0.351 e. The Labute approximate surface area is 254 Å². The third-order valence-corrected chi connectivity index (χ3v) is 9.48. The number of nitrogens with zero attached hydrogens (tertiary/aromatic N) is 5. The highest BCUT2D eigenvalue weighted by atomic mass is 32.2. The molecule has 4 aromatic rings. The van der Waals surface area contributed by atoms with Crippen molar-refractivity contribution in [2.75, 3.05) is 24.1 Å². The predicted molar refractivity (Wildman–Crippen MR) is 172 cm³/mol. The molecule has 0 amide bonds. The molecule has 10 nitrogen and oxygen atoms in total. The third-order valence-electron chi connectivity index (χ3n) is 8.11. The molecule has 232 valence electrons. The number of nitrogens with one attached hydrogen (secondary N) is 2. The molecule has 3 heterocycles. The van der Waals surface area contributed by atoms with E-state index in [-0.39, 0.29) is 31.9 Å². The summed E-state index contributed by atoms with van der Waals surface area (Å²) in [5, 5.41) is 4.17. The lowest BCUT2D eigenvalue weighted by Gasteiger charge is -2.33. The van der Waals surface area contributed by atoms with Gasteiger partial charge < -0.3 is 10.2 Å². The van der Waals surface area contributed by atoms with Crippen LogP contribution in [0.1, 0.15) is 59.7 Å². The Morgan fingerprint density at radius 3 is 2.42 bits per heavy atom. The van der Waals surface area contributed by atoms with E-state index in [2.05, 4.69) is 39.0 Å². The molecule has 0 bridgehead atoms. The number of rotatable bonds is 8. The molecule has 2 N–H and O–H groups in total. The van der Waals surface area contributed by atoms with Crippen molar-refractivity contribution in [1.29, 1.82) is 0 Å². The molecule has 3 aromatic heterocycles. The molecule has 0 aliphatic heterocycles. The number of aromatic nitrogens is 4. The van der Waals surface area contributed by atoms with E-state index >= 15 is 0 Å². The lowest BCUT2D eigenvalue weighted by Crippen LogP contribution is -2.36. The summed E-state index contributed by atoms with van der Waals surface area (Å²) in [7, 11) is 0.0199. The molecule has 1 aromatic carbocycles. The molecular weight excluding hydrogens is 569 g/mol. The summed E-state index contributed by atoms with van der Waals surface area (Å²) >= 11 is 0. The fraction of sp³-hybridized carbons (Fsp3) is 0.419. The topological polar surface area (TPSA) is 122 Å². The van der Waals surface area contributed by atoms with Crippen LogP contribution in [0.2, 0.25) is 0 Å². The monoisotopic (exact) mass is 611 g/mol. The zero-order valence-electron chi connectivity index (χ0n) is 25.3. The molecule has 5 rings (SSSR count). The Morgan fingerprint density at radius 2 is 1.77 bits per heavy atom. The van der Waals surface area contributed by atoms with Gasteiger partial charge >= 0.3 is 0 Å². The number of fused-ring (bicyclic) bond motifs is 1. The summed E-state index contributed by atoms with van der Waals surface area (Å²) in [6.45, 7) is 7.04. The van der Waals surface area contributed by atoms with Gasteiger partial charge in [-0.05, 0) is 97.3 Å². The fourth-order valence-corrected chi connectivity index (χ4v) is 6.86. The van der Waals surface area contributed by atoms with Gasteiger partial charge in [-0.15, -0.1) is 0 Å². The van der Waals surface area contributed by atoms with E-state index in [0.717, 1.165) is 25.7 Å². The van der Waals surface area contributed by atoms with Crippen LogP contribution in [-0.2, 0) is 10.0 Å². The Balaban J connectivity index is 0.00000276. The third kappa shape index (κ3) is 6.25. The number of halogens is 1. The quantitative estimate of drug-likeness (QED) is 0.258. The Bertz CT molecular complexity index is 1840. The minimum atomic E-state index is -4.22. The smallest absolute Gasteiger partial charge is 0.265 e. The first-order valence-corrected chi connectivity index (χ1v) is 15.9. The van der Waals surface area contributed by atoms with E-state index in [1.807, 2.05) is 13.8 Å². The number of hydrogen-bond acceptors (Lipinski definition) is 8. The second kappa shape index (κ2) is 12.0. The van der Waals surface area contributed by atoms with Crippen LogP contribution in [0.25, 0.3) is 22.2 Å². The molecule has 0 saturated heterocycles. The largest absolute Gasteiger partial charge is 0.351 e. The molecule has 0 spiro atoms. The van der Waals surface area contributed by atoms with E-state index in [1.165, 1.54) is 31.2 Å². The molecular formula is C31H42FN7O3S. The molecule has 43 heavy (non-hydrogen) atoms. The van der Waals surface area contributed by atoms with E-state index in [0.29, 0.717) is 39.8 Å². The second-order valence-electron chi connectivity index (χ2n) is 11.7. The number of sulfonamides is 1. The van der Waals surface area contributed by atoms with Gasteiger partial charge in [0.25, 0.3) is 15.6 Å². The zero-order chi connectivity index (χ0) is 31.1. The maximum Gasteiger partial charge on any atom is 0.265 e. The van der Waals surface area contributed by atoms with Crippen molar-refractivity contribution in [3.63, 3.8) is 0 Å². The van der Waals surface area contributed by atoms with Gasteiger partial charge in [-0.1, -0.05) is 12.1 Å². The van der Waals surface area contributed by atoms with Crippen LogP contribution >= 0.6 is 0 Å². The van der Waals surface area contributed by atoms with Gasteiger partial charge in [0.1, 0.15) is 22.2 Å². The maximum atomic E-state index is 14.5. The van der Waals surface area contributed by atoms with Crippen LogP contribution < -0.4 is 15.6 Å². The van der Waals surface area contributed by atoms with Crippen LogP contribution in [-0.4, -0.2) is 59.0 Å². The summed E-state index contributed by atoms with van der Waals surface area (Å²) in [4.78, 5) is 29.4. The lowest BCUT2D eigenvalue weighted by atomic mass is 9.91. The Kier molecular flexibility index (Phi) is 8.53. The lowest BCUT2D eigenvalue weighted by molar-refractivity contribution is 0.221. The second-order valence-corrected chi connectivity index (χ2v) is 13.4. The van der Waals surface area contributed by atoms with Crippen LogP contribution in [0, 0.1) is 19.7 Å². The van der Waals surface area contributed by atoms with Crippen molar-refractivity contribution in [1.82, 2.24) is 24.4 Å². The number of benzene rings is 1. The molecule has 1 aliphatic carbocycles. The van der Waals surface area contributed by atoms with Crippen molar-refractivity contribution >= 4 is 32.8 Å². The minimum absolute atomic E-state index is 0. The van der Waals surface area contributed by atoms with Gasteiger partial charge in [-0.2, -0.15) is 4.98 Å². The highest BCUT2D eigenvalue weighted by molar-refractivity contribution is 7.92. The summed E-state index contributed by atoms with van der Waals surface area (Å²) in [6, 6.07) is 9.71. The van der Waals surface area contributed by atoms with Crippen LogP contribution in [0.15, 0.2) is 52.3 Å². The zero-order valence-corrected chi connectivity index (χ0v) is 26.2. The summed E-state index contributed by atoms with van der Waals surface area (Å²) in [5.74, 6) is -0.293. The normalized spacial score (nSPS) is 17.5. The molecule has 1 aliphatic rings. The number of hydrogen-bond donors (Lipinski definition) is 2. The van der Waals surface area contributed by atoms with Gasteiger partial charge in [-0.25, -0.2) is 22.8 Å². The van der Waals surface area contributed by atoms with Crippen molar-refractivity contribution < 1.29 is 15.7 Å². The van der Waals surface area contributed by atoms with Crippen molar-refractivity contribution in [3.8, 4) is 11.1 Å². The first-order valence-electron chi connectivity index (χ1n) is 14.5. The number of pyridine rings is 2. The maximum absolute atomic E-state index is 14.5. The molecule has 1 saturated carbocycles. The highest BCUT2D eigenvalue weighted by Crippen LogP contribution is 2.28. The fourth-order valence-electron chi connectivity index (χ4n) is 5.70. The van der Waals surface area contributed by atoms with Crippen molar-refractivity contribution in [2.45, 2.75) is 76.4 Å². The summed E-state index contributed by atoms with van der Waals surface area (Å²) < 4.78 is 44.3. The Hall–Kier alpha value is -3.90. The standard InChI is InChI=1S/C31H38FN7O3S.2H2/c1-18(2)39-29-21(17-33-31(36-29)35-22-10-12-23(13-11-22)38(5)6)16-25(30(39)40)24-14-15-27(34-20(24)4)37-43(41,42)26-9-7-8-19(3)28(26)32;;/h7-9,14-18,22-23H,10-13H2,1-6H3,(H,34,37)(H,33,35,36);2*1H. The average Bonchev–Trinajstić information content (AvgIpc) is 2.94. The van der Waals surface area contributed by atoms with E-state index in [1.54, 1.807) is 29.8 Å². The Morgan fingerprint density at radius 1 is 1.05 bits per heavy atom. The van der Waals surface area contributed by atoms with Gasteiger partial charge in [-0.3, -0.25) is 14.1 Å². The van der Waals surface area contributed by atoms with Crippen molar-refractivity contribution in [2.24, 2.45) is 0 Å². The van der Waals surface area contributed by atoms with Gasteiger partial charge in [0.15, 0.2) is 0 Å². The van der Waals surface area contributed by atoms with E-state index < -0.39 is 20.7 Å². The molecule has 0 radical (unpaired) electrons. The predicted octanol–water partition coefficient (Wildman–Crippen LogP) is 5.77. The first-order chi connectivity index (χ1) is 20.4. The molecule has 1 fully saturated rings. The van der Waals surface area contributed by atoms with Crippen LogP contribution in [0.5, 0.6) is 0 Å². The number of anilines is 2. The van der Waals surface area contributed by atoms with Crippen molar-refractivity contribution in [3.05, 3.63) is 70.0 Å². The SMILES string of the molecule is Cc1cccc(S(=O)(=O)Nc2ccc(-c3cc4cnc(NC5CCC(N(C)C)CC5)nc4n(C(C)C)c3=O)c(C)n2)c1F.[HH].[HH]. The van der Waals surface area contributed by atoms with Gasteiger partial charge in [0, 0.05) is 49.4 Å². The molecule has 0 atom stereocenters. The molecule has 0 unspecified atom stereocenters. The van der Waals surface area contributed by atoms with Gasteiger partial charge in [0.05, 0.1) is 0 Å². The highest BCUT2D eigenvalue weighted by Gasteiger charge is 2.24. The first kappa shape index (κ1) is 30.6. The van der Waals surface area contributed by atoms with Crippen LogP contribution in [0.4, 0.5) is 16.2 Å². The summed E-state index contributed by atoms with van der Waals surface area (Å²) in [6.07, 6.45) is 5.99. The average molecular weight is 612 g/mol. The number of aryl methyl sites for hydroxylation is 2. The van der Waals surface area contributed by atoms with Gasteiger partial charge in [0.2, 0.25) is 5.95 Å². The van der Waals surface area contributed by atoms with E-state index in [4.69, 9.17) is 4.98 Å². The molecule has 12 heteroatoms. The van der Waals surface area contributed by atoms with E-state index in [9.17, 15) is 17.6 Å².